The highest BCUT2D eigenvalue weighted by Gasteiger charge is 2.16. The van der Waals surface area contributed by atoms with E-state index >= 15 is 0 Å². The molecule has 3 nitrogen and oxygen atoms in total. The first kappa shape index (κ1) is 13.7. The summed E-state index contributed by atoms with van der Waals surface area (Å²) in [6, 6.07) is 7.39. The highest BCUT2D eigenvalue weighted by atomic mass is 79.9. The van der Waals surface area contributed by atoms with Crippen molar-refractivity contribution in [3.63, 3.8) is 0 Å². The van der Waals surface area contributed by atoms with E-state index in [1.807, 2.05) is 38.1 Å². The first-order valence-electron chi connectivity index (χ1n) is 5.20. The third-order valence-corrected chi connectivity index (χ3v) is 4.58. The van der Waals surface area contributed by atoms with E-state index < -0.39 is 10.0 Å². The first-order valence-corrected chi connectivity index (χ1v) is 7.65. The predicted molar refractivity (Wildman–Crippen MR) is 69.8 cm³/mol. The summed E-state index contributed by atoms with van der Waals surface area (Å²) in [5.41, 5.74) is 0.946. The number of sulfonamides is 1. The molecule has 1 rings (SSSR count). The van der Waals surface area contributed by atoms with Gasteiger partial charge in [0.05, 0.1) is 5.75 Å². The second-order valence-electron chi connectivity index (χ2n) is 3.68. The fourth-order valence-electron chi connectivity index (χ4n) is 1.49. The van der Waals surface area contributed by atoms with Crippen LogP contribution in [0, 0.1) is 0 Å². The second-order valence-corrected chi connectivity index (χ2v) is 6.41. The average Bonchev–Trinajstić information content (AvgIpc) is 2.17. The SMILES string of the molecule is CCCS(=O)(=O)NC(C)c1ccccc1Br. The molecule has 1 aromatic carbocycles. The zero-order valence-corrected chi connectivity index (χ0v) is 11.8. The van der Waals surface area contributed by atoms with Gasteiger partial charge in [-0.15, -0.1) is 0 Å². The maximum absolute atomic E-state index is 11.6. The number of hydrogen-bond donors (Lipinski definition) is 1. The van der Waals surface area contributed by atoms with Crippen LogP contribution in [0.2, 0.25) is 0 Å². The number of nitrogens with one attached hydrogen (secondary N) is 1. The van der Waals surface area contributed by atoms with Gasteiger partial charge < -0.3 is 0 Å². The molecule has 0 aliphatic heterocycles. The van der Waals surface area contributed by atoms with E-state index in [1.165, 1.54) is 0 Å². The van der Waals surface area contributed by atoms with Gasteiger partial charge in [0.1, 0.15) is 0 Å². The molecule has 1 atom stereocenters. The van der Waals surface area contributed by atoms with Crippen LogP contribution in [0.4, 0.5) is 0 Å². The molecule has 0 fully saturated rings. The zero-order chi connectivity index (χ0) is 12.2. The fraction of sp³-hybridized carbons (Fsp3) is 0.455. The van der Waals surface area contributed by atoms with E-state index in [0.717, 1.165) is 10.0 Å². The van der Waals surface area contributed by atoms with Gasteiger partial charge in [-0.25, -0.2) is 13.1 Å². The van der Waals surface area contributed by atoms with Crippen LogP contribution in [0.3, 0.4) is 0 Å². The Morgan fingerprint density at radius 1 is 1.38 bits per heavy atom. The maximum Gasteiger partial charge on any atom is 0.212 e. The van der Waals surface area contributed by atoms with Gasteiger partial charge in [-0.1, -0.05) is 41.1 Å². The molecular weight excluding hydrogens is 290 g/mol. The van der Waals surface area contributed by atoms with Crippen molar-refractivity contribution in [1.29, 1.82) is 0 Å². The van der Waals surface area contributed by atoms with E-state index in [9.17, 15) is 8.42 Å². The molecule has 1 N–H and O–H groups in total. The Bertz CT molecular complexity index is 445. The van der Waals surface area contributed by atoms with Gasteiger partial charge >= 0.3 is 0 Å². The normalized spacial score (nSPS) is 13.7. The zero-order valence-electron chi connectivity index (χ0n) is 9.40. The molecular formula is C11H16BrNO2S. The molecule has 90 valence electrons. The van der Waals surface area contributed by atoms with Crippen LogP contribution in [-0.2, 0) is 10.0 Å². The highest BCUT2D eigenvalue weighted by Crippen LogP contribution is 2.23. The average molecular weight is 306 g/mol. The lowest BCUT2D eigenvalue weighted by Crippen LogP contribution is -2.29. The van der Waals surface area contributed by atoms with Crippen molar-refractivity contribution in [2.45, 2.75) is 26.3 Å². The summed E-state index contributed by atoms with van der Waals surface area (Å²) in [6.07, 6.45) is 0.623. The van der Waals surface area contributed by atoms with Crippen molar-refractivity contribution in [3.8, 4) is 0 Å². The van der Waals surface area contributed by atoms with E-state index in [0.29, 0.717) is 6.42 Å². The summed E-state index contributed by atoms with van der Waals surface area (Å²) in [6.45, 7) is 3.69. The Hall–Kier alpha value is -0.390. The third-order valence-electron chi connectivity index (χ3n) is 2.20. The van der Waals surface area contributed by atoms with Crippen molar-refractivity contribution in [1.82, 2.24) is 4.72 Å². The van der Waals surface area contributed by atoms with Gasteiger partial charge in [0, 0.05) is 10.5 Å². The largest absolute Gasteiger partial charge is 0.212 e. The minimum atomic E-state index is -3.17. The number of halogens is 1. The standard InChI is InChI=1S/C11H16BrNO2S/c1-3-8-16(14,15)13-9(2)10-6-4-5-7-11(10)12/h4-7,9,13H,3,8H2,1-2H3. The highest BCUT2D eigenvalue weighted by molar-refractivity contribution is 9.10. The molecule has 0 amide bonds. The van der Waals surface area contributed by atoms with Crippen molar-refractivity contribution < 1.29 is 8.42 Å². The first-order chi connectivity index (χ1) is 7.46. The minimum Gasteiger partial charge on any atom is -0.212 e. The van der Waals surface area contributed by atoms with Gasteiger partial charge in [-0.2, -0.15) is 0 Å². The number of benzene rings is 1. The van der Waals surface area contributed by atoms with Crippen molar-refractivity contribution >= 4 is 26.0 Å². The predicted octanol–water partition coefficient (Wildman–Crippen LogP) is 2.84. The molecule has 0 aliphatic rings. The molecule has 0 aromatic heterocycles. The molecule has 0 saturated carbocycles. The molecule has 0 heterocycles. The topological polar surface area (TPSA) is 46.2 Å². The number of rotatable bonds is 5. The molecule has 1 unspecified atom stereocenters. The van der Waals surface area contributed by atoms with E-state index in [2.05, 4.69) is 20.7 Å². The fourth-order valence-corrected chi connectivity index (χ4v) is 3.44. The summed E-state index contributed by atoms with van der Waals surface area (Å²) in [4.78, 5) is 0. The molecule has 5 heteroatoms. The molecule has 0 bridgehead atoms. The lowest BCUT2D eigenvalue weighted by Gasteiger charge is -2.15. The van der Waals surface area contributed by atoms with Crippen LogP contribution in [0.15, 0.2) is 28.7 Å². The molecule has 0 radical (unpaired) electrons. The number of hydrogen-bond acceptors (Lipinski definition) is 2. The van der Waals surface area contributed by atoms with Gasteiger partial charge in [0.2, 0.25) is 10.0 Å². The smallest absolute Gasteiger partial charge is 0.212 e. The Morgan fingerprint density at radius 2 is 2.00 bits per heavy atom. The van der Waals surface area contributed by atoms with Crippen LogP contribution in [0.1, 0.15) is 31.9 Å². The van der Waals surface area contributed by atoms with E-state index in [1.54, 1.807) is 0 Å². The molecule has 1 aromatic rings. The summed E-state index contributed by atoms with van der Waals surface area (Å²) in [7, 11) is -3.17. The second kappa shape index (κ2) is 5.80. The summed E-state index contributed by atoms with van der Waals surface area (Å²) in [5.74, 6) is 0.168. The van der Waals surface area contributed by atoms with Gasteiger partial charge in [0.25, 0.3) is 0 Å². The van der Waals surface area contributed by atoms with E-state index in [4.69, 9.17) is 0 Å². The quantitative estimate of drug-likeness (QED) is 0.909. The third kappa shape index (κ3) is 3.88. The Kier molecular flexibility index (Phi) is 4.95. The Balaban J connectivity index is 2.81. The summed E-state index contributed by atoms with van der Waals surface area (Å²) in [5, 5.41) is 0. The Labute approximate surface area is 105 Å². The lowest BCUT2D eigenvalue weighted by atomic mass is 10.1. The van der Waals surface area contributed by atoms with Gasteiger partial charge in [0.15, 0.2) is 0 Å². The van der Waals surface area contributed by atoms with Crippen molar-refractivity contribution in [3.05, 3.63) is 34.3 Å². The summed E-state index contributed by atoms with van der Waals surface area (Å²) >= 11 is 3.41. The van der Waals surface area contributed by atoms with Crippen molar-refractivity contribution in [2.75, 3.05) is 5.75 Å². The molecule has 16 heavy (non-hydrogen) atoms. The van der Waals surface area contributed by atoms with Crippen molar-refractivity contribution in [2.24, 2.45) is 0 Å². The van der Waals surface area contributed by atoms with Gasteiger partial charge in [-0.3, -0.25) is 0 Å². The van der Waals surface area contributed by atoms with E-state index in [-0.39, 0.29) is 11.8 Å². The lowest BCUT2D eigenvalue weighted by molar-refractivity contribution is 0.565. The Morgan fingerprint density at radius 3 is 2.56 bits per heavy atom. The minimum absolute atomic E-state index is 0.168. The molecule has 0 aliphatic carbocycles. The molecule has 0 spiro atoms. The van der Waals surface area contributed by atoms with Crippen LogP contribution < -0.4 is 4.72 Å². The van der Waals surface area contributed by atoms with Crippen LogP contribution >= 0.6 is 15.9 Å². The monoisotopic (exact) mass is 305 g/mol. The summed E-state index contributed by atoms with van der Waals surface area (Å²) < 4.78 is 26.8. The molecule has 0 saturated heterocycles. The maximum atomic E-state index is 11.6. The van der Waals surface area contributed by atoms with Gasteiger partial charge in [-0.05, 0) is 25.0 Å². The van der Waals surface area contributed by atoms with Crippen LogP contribution in [0.25, 0.3) is 0 Å². The van der Waals surface area contributed by atoms with Crippen LogP contribution in [0.5, 0.6) is 0 Å². The van der Waals surface area contributed by atoms with Crippen LogP contribution in [-0.4, -0.2) is 14.2 Å².